The van der Waals surface area contributed by atoms with Gasteiger partial charge in [-0.05, 0) is 96.1 Å². The summed E-state index contributed by atoms with van der Waals surface area (Å²) >= 11 is 7.56. The van der Waals surface area contributed by atoms with E-state index in [9.17, 15) is 0 Å². The number of hydrogen-bond donors (Lipinski definition) is 1. The molecule has 15 heteroatoms. The Morgan fingerprint density at radius 2 is 1.44 bits per heavy atom. The van der Waals surface area contributed by atoms with Crippen LogP contribution in [-0.2, 0) is 29.9 Å². The number of ether oxygens (including phenoxy) is 4. The fourth-order valence-corrected chi connectivity index (χ4v) is 12.3. The number of benzene rings is 6. The second-order valence-electron chi connectivity index (χ2n) is 20.4. The molecule has 0 saturated carbocycles. The number of aliphatic imine (C=N–C) groups is 1. The van der Waals surface area contributed by atoms with E-state index in [2.05, 4.69) is 92.5 Å². The van der Waals surface area contributed by atoms with Gasteiger partial charge in [0.15, 0.2) is 11.6 Å². The Labute approximate surface area is 458 Å². The van der Waals surface area contributed by atoms with Crippen molar-refractivity contribution in [2.24, 2.45) is 4.99 Å². The van der Waals surface area contributed by atoms with Crippen LogP contribution in [0.25, 0.3) is 11.3 Å². The highest BCUT2D eigenvalue weighted by molar-refractivity contribution is 6.37. The Balaban J connectivity index is 0.982. The normalized spacial score (nSPS) is 17.7. The van der Waals surface area contributed by atoms with Crippen LogP contribution in [0.5, 0.6) is 17.2 Å². The van der Waals surface area contributed by atoms with Gasteiger partial charge in [-0.25, -0.2) is 23.7 Å². The first kappa shape index (κ1) is 50.6. The lowest BCUT2D eigenvalue weighted by molar-refractivity contribution is 0.0260. The highest BCUT2D eigenvalue weighted by Gasteiger charge is 2.50. The van der Waals surface area contributed by atoms with Crippen LogP contribution < -0.4 is 24.4 Å². The van der Waals surface area contributed by atoms with Gasteiger partial charge in [0.1, 0.15) is 48.1 Å². The average Bonchev–Trinajstić information content (AvgIpc) is 4.31. The monoisotopic (exact) mass is 1060 g/mol. The Morgan fingerprint density at radius 3 is 2.04 bits per heavy atom. The zero-order valence-electron chi connectivity index (χ0n) is 43.7. The van der Waals surface area contributed by atoms with Crippen molar-refractivity contribution in [3.05, 3.63) is 232 Å². The van der Waals surface area contributed by atoms with Crippen molar-refractivity contribution in [1.29, 1.82) is 0 Å². The molecular weight excluding hydrogens is 1010 g/mol. The molecule has 0 aliphatic carbocycles. The zero-order chi connectivity index (χ0) is 53.4. The van der Waals surface area contributed by atoms with Crippen LogP contribution >= 0.6 is 11.6 Å². The molecule has 4 aliphatic rings. The SMILES string of the molecule is COc1ccc(CN(Cc2ccc(OC)cc2)c2cc(C)cc(-c3c(F)c4c5c(c3Cl)NCN=C5N(Cc3cncn3C(c3ccccc3)(c3ccccc3)c3ccccc3)C=C(OC[C@@]35CCCN3C[C@H](F)C5)O4)n2)cc1. The summed E-state index contributed by atoms with van der Waals surface area (Å²) in [6.07, 6.45) is 6.51. The summed E-state index contributed by atoms with van der Waals surface area (Å²) in [7, 11) is 3.29. The number of rotatable bonds is 17. The molecule has 78 heavy (non-hydrogen) atoms. The van der Waals surface area contributed by atoms with Crippen molar-refractivity contribution >= 4 is 28.9 Å². The second-order valence-corrected chi connectivity index (χ2v) is 20.8. The maximum Gasteiger partial charge on any atom is 0.302 e. The van der Waals surface area contributed by atoms with Crippen molar-refractivity contribution in [1.82, 2.24) is 24.3 Å². The molecule has 12 nitrogen and oxygen atoms in total. The van der Waals surface area contributed by atoms with Crippen LogP contribution in [-0.4, -0.2) is 82.5 Å². The number of alkyl halides is 1. The first-order valence-electron chi connectivity index (χ1n) is 26.3. The summed E-state index contributed by atoms with van der Waals surface area (Å²) < 4.78 is 60.4. The van der Waals surface area contributed by atoms with Crippen molar-refractivity contribution < 1.29 is 27.7 Å². The molecule has 0 radical (unpaired) electrons. The predicted molar refractivity (Wildman–Crippen MR) is 300 cm³/mol. The van der Waals surface area contributed by atoms with E-state index in [1.54, 1.807) is 20.4 Å². The van der Waals surface area contributed by atoms with E-state index >= 15 is 8.78 Å². The van der Waals surface area contributed by atoms with Crippen molar-refractivity contribution in [3.8, 4) is 28.5 Å². The summed E-state index contributed by atoms with van der Waals surface area (Å²) in [5.74, 6) is 1.69. The summed E-state index contributed by atoms with van der Waals surface area (Å²) in [6, 6.07) is 50.8. The number of methoxy groups -OCH3 is 2. The summed E-state index contributed by atoms with van der Waals surface area (Å²) in [5.41, 5.74) is 6.46. The lowest BCUT2D eigenvalue weighted by atomic mass is 9.76. The van der Waals surface area contributed by atoms with Gasteiger partial charge >= 0.3 is 5.95 Å². The third-order valence-electron chi connectivity index (χ3n) is 15.6. The molecule has 0 spiro atoms. The molecule has 0 bridgehead atoms. The molecule has 2 atom stereocenters. The number of pyridine rings is 1. The number of fused-ring (bicyclic) bond motifs is 1. The number of nitrogens with one attached hydrogen (secondary N) is 1. The summed E-state index contributed by atoms with van der Waals surface area (Å²) in [5, 5.41) is 3.51. The molecule has 1 N–H and O–H groups in total. The number of nitrogens with zero attached hydrogens (tertiary/aromatic N) is 7. The van der Waals surface area contributed by atoms with Gasteiger partial charge in [-0.15, -0.1) is 0 Å². The number of hydrogen-bond acceptors (Lipinski definition) is 11. The van der Waals surface area contributed by atoms with Crippen LogP contribution in [0, 0.1) is 12.7 Å². The molecule has 12 rings (SSSR count). The highest BCUT2D eigenvalue weighted by atomic mass is 35.5. The van der Waals surface area contributed by atoms with Crippen LogP contribution in [0.3, 0.4) is 0 Å². The van der Waals surface area contributed by atoms with Gasteiger partial charge in [0.25, 0.3) is 0 Å². The maximum atomic E-state index is 18.4. The van der Waals surface area contributed by atoms with Crippen molar-refractivity contribution in [2.75, 3.05) is 50.8 Å². The number of imidazole rings is 1. The molecule has 0 amide bonds. The third-order valence-corrected chi connectivity index (χ3v) is 16.0. The quantitative estimate of drug-likeness (QED) is 0.0887. The maximum absolute atomic E-state index is 18.4. The molecule has 4 aliphatic heterocycles. The van der Waals surface area contributed by atoms with E-state index in [1.165, 1.54) is 0 Å². The molecule has 2 fully saturated rings. The van der Waals surface area contributed by atoms with E-state index in [1.807, 2.05) is 103 Å². The number of aryl methyl sites for hydroxylation is 1. The number of halogens is 3. The molecule has 6 heterocycles. The van der Waals surface area contributed by atoms with Gasteiger partial charge in [-0.1, -0.05) is 127 Å². The van der Waals surface area contributed by atoms with E-state index in [0.29, 0.717) is 54.7 Å². The van der Waals surface area contributed by atoms with E-state index in [-0.39, 0.29) is 42.1 Å². The molecule has 6 aromatic carbocycles. The minimum Gasteiger partial charge on any atom is -0.497 e. The summed E-state index contributed by atoms with van der Waals surface area (Å²) in [6.45, 7) is 4.49. The Bertz CT molecular complexity index is 3360. The molecule has 8 aromatic rings. The summed E-state index contributed by atoms with van der Waals surface area (Å²) in [4.78, 5) is 21.4. The second kappa shape index (κ2) is 21.3. The van der Waals surface area contributed by atoms with Crippen molar-refractivity contribution in [3.63, 3.8) is 0 Å². The van der Waals surface area contributed by atoms with Crippen LogP contribution in [0.4, 0.5) is 20.3 Å². The lowest BCUT2D eigenvalue weighted by Crippen LogP contribution is -2.42. The van der Waals surface area contributed by atoms with E-state index in [0.717, 1.165) is 70.0 Å². The number of anilines is 2. The highest BCUT2D eigenvalue weighted by Crippen LogP contribution is 2.49. The molecule has 396 valence electrons. The lowest BCUT2D eigenvalue weighted by Gasteiger charge is -2.39. The van der Waals surface area contributed by atoms with Gasteiger partial charge in [-0.3, -0.25) is 4.90 Å². The minimum atomic E-state index is -0.978. The van der Waals surface area contributed by atoms with E-state index < -0.39 is 23.1 Å². The minimum absolute atomic E-state index is 0.0274. The average molecular weight is 1070 g/mol. The van der Waals surface area contributed by atoms with Gasteiger partial charge in [0.2, 0.25) is 0 Å². The largest absolute Gasteiger partial charge is 0.497 e. The Kier molecular flexibility index (Phi) is 13.8. The van der Waals surface area contributed by atoms with Crippen LogP contribution in [0.2, 0.25) is 5.02 Å². The standard InChI is InChI=1S/C63H59ClF2N8O4/c1-42-30-52(70-53(31-42)71(34-43-20-24-50(75-2)25-21-43)35-44-22-26-51(76-3)27-23-44)55-57(64)59-56-60(58(55)66)78-54(77-39-62-28-13-29-73(62)36-48(65)32-62)38-72(61(56)69-40-68-59)37-49-33-67-41-74(49)63(45-14-7-4-8-15-45,46-16-9-5-10-17-46)47-18-11-6-12-19-47/h4-12,14-27,30-31,33,38,41,48,68H,13,28-29,32,34-37,39-40H2,1-3H3/t48-,62+/m1/s1. The Morgan fingerprint density at radius 1 is 0.821 bits per heavy atom. The fourth-order valence-electron chi connectivity index (χ4n) is 12.0. The van der Waals surface area contributed by atoms with E-state index in [4.69, 9.17) is 45.5 Å². The molecular formula is C63H59ClF2N8O4. The topological polar surface area (TPSA) is 102 Å². The van der Waals surface area contributed by atoms with Gasteiger partial charge < -0.3 is 38.6 Å². The fraction of sp³-hybridized carbons (Fsp3) is 0.254. The Hall–Kier alpha value is -8.20. The van der Waals surface area contributed by atoms with Crippen molar-refractivity contribution in [2.45, 2.75) is 63.1 Å². The first-order chi connectivity index (χ1) is 38.1. The zero-order valence-corrected chi connectivity index (χ0v) is 44.5. The predicted octanol–water partition coefficient (Wildman–Crippen LogP) is 12.5. The van der Waals surface area contributed by atoms with Crippen LogP contribution in [0.15, 0.2) is 181 Å². The number of aromatic nitrogens is 3. The first-order valence-corrected chi connectivity index (χ1v) is 26.7. The number of amidine groups is 1. The molecule has 2 aromatic heterocycles. The van der Waals surface area contributed by atoms with Gasteiger partial charge in [0, 0.05) is 26.1 Å². The van der Waals surface area contributed by atoms with Gasteiger partial charge in [0.05, 0.1) is 78.3 Å². The van der Waals surface area contributed by atoms with Crippen LogP contribution in [0.1, 0.15) is 63.9 Å². The third kappa shape index (κ3) is 9.36. The van der Waals surface area contributed by atoms with Gasteiger partial charge in [-0.2, -0.15) is 0 Å². The molecule has 2 saturated heterocycles. The molecule has 0 unspecified atom stereocenters. The smallest absolute Gasteiger partial charge is 0.302 e.